The van der Waals surface area contributed by atoms with Gasteiger partial charge in [0.1, 0.15) is 0 Å². The number of rotatable bonds is 8. The van der Waals surface area contributed by atoms with Crippen LogP contribution in [0.15, 0.2) is 0 Å². The maximum atomic E-state index is 2.41. The van der Waals surface area contributed by atoms with E-state index >= 15 is 0 Å². The van der Waals surface area contributed by atoms with E-state index in [1.54, 1.807) is 0 Å². The summed E-state index contributed by atoms with van der Waals surface area (Å²) in [7, 11) is 0.0880. The first-order chi connectivity index (χ1) is 11.9. The van der Waals surface area contributed by atoms with Crippen molar-refractivity contribution in [2.75, 3.05) is 0 Å². The predicted molar refractivity (Wildman–Crippen MR) is 133 cm³/mol. The zero-order valence-corrected chi connectivity index (χ0v) is 23.4. The van der Waals surface area contributed by atoms with E-state index in [4.69, 9.17) is 0 Å². The lowest BCUT2D eigenvalue weighted by Gasteiger charge is -2.41. The van der Waals surface area contributed by atoms with Crippen LogP contribution in [0.4, 0.5) is 0 Å². The molecular weight excluding hydrogens is 340 g/mol. The lowest BCUT2D eigenvalue weighted by molar-refractivity contribution is 0.0898. The minimum atomic E-state index is 0.0880. The molecule has 0 unspecified atom stereocenters. The normalized spacial score (nSPS) is 13.6. The molecule has 0 aromatic heterocycles. The molecule has 0 atom stereocenters. The Morgan fingerprint density at radius 1 is 0.519 bits per heavy atom. The summed E-state index contributed by atoms with van der Waals surface area (Å²) in [5.74, 6) is 0.834. The van der Waals surface area contributed by atoms with Gasteiger partial charge in [0.05, 0.1) is 0 Å². The summed E-state index contributed by atoms with van der Waals surface area (Å²) < 4.78 is 0. The molecule has 0 aliphatic heterocycles. The third kappa shape index (κ3) is 20.8. The molecule has 0 saturated carbocycles. The van der Waals surface area contributed by atoms with Crippen molar-refractivity contribution in [1.29, 1.82) is 0 Å². The smallest absolute Gasteiger partial charge is 0.0320 e. The maximum Gasteiger partial charge on any atom is 0.0320 e. The molecule has 0 bridgehead atoms. The van der Waals surface area contributed by atoms with E-state index in [0.29, 0.717) is 20.9 Å². The summed E-state index contributed by atoms with van der Waals surface area (Å²) in [5.41, 5.74) is 0.890. The van der Waals surface area contributed by atoms with Gasteiger partial charge in [-0.3, -0.25) is 0 Å². The highest BCUT2D eigenvalue weighted by Gasteiger charge is 2.33. The highest BCUT2D eigenvalue weighted by Crippen LogP contribution is 2.43. The molecule has 0 N–H and O–H groups in total. The fourth-order valence-electron chi connectivity index (χ4n) is 5.06. The van der Waals surface area contributed by atoms with Gasteiger partial charge in [-0.05, 0) is 33.2 Å². The lowest BCUT2D eigenvalue weighted by Crippen LogP contribution is -2.32. The van der Waals surface area contributed by atoms with Crippen LogP contribution < -0.4 is 0 Å². The van der Waals surface area contributed by atoms with Crippen molar-refractivity contribution in [3.63, 3.8) is 0 Å². The van der Waals surface area contributed by atoms with Crippen molar-refractivity contribution in [1.82, 2.24) is 0 Å². The first kappa shape index (κ1) is 29.4. The van der Waals surface area contributed by atoms with Gasteiger partial charge in [0.2, 0.25) is 0 Å². The molecule has 1 heteroatoms. The second-order valence-corrected chi connectivity index (χ2v) is 18.1. The molecule has 0 spiro atoms. The van der Waals surface area contributed by atoms with Crippen LogP contribution in [0, 0.1) is 16.7 Å². The minimum absolute atomic E-state index is 0.0880. The third-order valence-electron chi connectivity index (χ3n) is 5.25. The molecule has 0 rings (SSSR count). The Bertz CT molecular complexity index is 314. The molecule has 0 heterocycles. The van der Waals surface area contributed by atoms with E-state index in [-0.39, 0.29) is 9.52 Å². The lowest BCUT2D eigenvalue weighted by atomic mass is 9.65. The molecule has 0 fully saturated rings. The Balaban J connectivity index is 0. The second kappa shape index (κ2) is 12.7. The molecule has 0 aromatic rings. The Hall–Kier alpha value is 0.217. The highest BCUT2D eigenvalue weighted by molar-refractivity contribution is 6.43. The van der Waals surface area contributed by atoms with E-state index in [9.17, 15) is 0 Å². The van der Waals surface area contributed by atoms with Crippen molar-refractivity contribution in [2.45, 2.75) is 151 Å². The number of unbranched alkanes of at least 4 members (excludes halogenated alkanes) is 6. The van der Waals surface area contributed by atoms with Crippen molar-refractivity contribution >= 4 is 9.52 Å². The zero-order chi connectivity index (χ0) is 21.9. The molecule has 166 valence electrons. The van der Waals surface area contributed by atoms with Crippen LogP contribution in [-0.2, 0) is 0 Å². The van der Waals surface area contributed by atoms with E-state index in [2.05, 4.69) is 90.0 Å². The largest absolute Gasteiger partial charge is 0.0654 e. The maximum absolute atomic E-state index is 2.41. The molecule has 0 aliphatic rings. The molecule has 0 radical (unpaired) electrons. The van der Waals surface area contributed by atoms with Crippen molar-refractivity contribution in [3.05, 3.63) is 0 Å². The fraction of sp³-hybridized carbons (Fsp3) is 1.00. The van der Waals surface area contributed by atoms with E-state index < -0.39 is 0 Å². The molecular formula is C26H58Si. The zero-order valence-electron chi connectivity index (χ0n) is 21.9. The molecule has 27 heavy (non-hydrogen) atoms. The van der Waals surface area contributed by atoms with Crippen LogP contribution in [0.5, 0.6) is 0 Å². The molecule has 0 amide bonds. The van der Waals surface area contributed by atoms with Gasteiger partial charge in [0.15, 0.2) is 0 Å². The Morgan fingerprint density at radius 3 is 1.11 bits per heavy atom. The first-order valence-corrected chi connectivity index (χ1v) is 13.3. The number of hydrogen-bond acceptors (Lipinski definition) is 0. The van der Waals surface area contributed by atoms with Crippen molar-refractivity contribution in [3.8, 4) is 0 Å². The third-order valence-corrected chi connectivity index (χ3v) is 7.37. The SMILES string of the molecule is CC(C)(C)[SiH2]C(C)(C)C.CCCCCCCCCC(C(C)(C)C)C(C)(C)C. The van der Waals surface area contributed by atoms with Gasteiger partial charge < -0.3 is 0 Å². The monoisotopic (exact) mass is 398 g/mol. The van der Waals surface area contributed by atoms with Crippen LogP contribution in [0.1, 0.15) is 141 Å². The average Bonchev–Trinajstić information content (AvgIpc) is 2.35. The summed E-state index contributed by atoms with van der Waals surface area (Å²) >= 11 is 0. The molecule has 0 aliphatic carbocycles. The Kier molecular flexibility index (Phi) is 13.8. The van der Waals surface area contributed by atoms with Gasteiger partial charge in [0.25, 0.3) is 0 Å². The van der Waals surface area contributed by atoms with Gasteiger partial charge in [-0.1, -0.05) is 135 Å². The first-order valence-electron chi connectivity index (χ1n) is 11.9. The van der Waals surface area contributed by atoms with Crippen LogP contribution in [0.25, 0.3) is 0 Å². The summed E-state index contributed by atoms with van der Waals surface area (Å²) in [6.07, 6.45) is 11.4. The average molecular weight is 399 g/mol. The molecule has 0 saturated heterocycles. The topological polar surface area (TPSA) is 0 Å². The minimum Gasteiger partial charge on any atom is -0.0654 e. The van der Waals surface area contributed by atoms with E-state index in [1.165, 1.54) is 51.4 Å². The molecule has 0 nitrogen and oxygen atoms in total. The van der Waals surface area contributed by atoms with Crippen molar-refractivity contribution < 1.29 is 0 Å². The van der Waals surface area contributed by atoms with Crippen LogP contribution >= 0.6 is 0 Å². The van der Waals surface area contributed by atoms with E-state index in [0.717, 1.165) is 5.92 Å². The summed E-state index contributed by atoms with van der Waals surface area (Å²) in [5, 5.41) is 1.25. The van der Waals surface area contributed by atoms with Crippen LogP contribution in [0.2, 0.25) is 10.1 Å². The Morgan fingerprint density at radius 2 is 0.852 bits per heavy atom. The van der Waals surface area contributed by atoms with Gasteiger partial charge in [0, 0.05) is 9.52 Å². The van der Waals surface area contributed by atoms with Gasteiger partial charge in [-0.2, -0.15) is 0 Å². The second-order valence-electron chi connectivity index (χ2n) is 13.5. The quantitative estimate of drug-likeness (QED) is 0.282. The van der Waals surface area contributed by atoms with Gasteiger partial charge in [-0.25, -0.2) is 0 Å². The fourth-order valence-corrected chi connectivity index (χ4v) is 8.24. The Labute approximate surface area is 177 Å². The van der Waals surface area contributed by atoms with Crippen molar-refractivity contribution in [2.24, 2.45) is 16.7 Å². The standard InChI is InChI=1S/C18H38.C8H20Si/c1-8-9-10-11-12-13-14-15-16(17(2,3)4)18(5,6)7;1-7(2,3)9-8(4,5)6/h16H,8-15H2,1-7H3;9H2,1-6H3. The van der Waals surface area contributed by atoms with E-state index in [1.807, 2.05) is 0 Å². The summed E-state index contributed by atoms with van der Waals surface area (Å²) in [6, 6.07) is 0. The van der Waals surface area contributed by atoms with Gasteiger partial charge >= 0.3 is 0 Å². The van der Waals surface area contributed by atoms with Crippen LogP contribution in [-0.4, -0.2) is 9.52 Å². The summed E-state index contributed by atoms with van der Waals surface area (Å²) in [6.45, 7) is 30.8. The predicted octanol–water partition coefficient (Wildman–Crippen LogP) is 9.43. The van der Waals surface area contributed by atoms with Crippen LogP contribution in [0.3, 0.4) is 0 Å². The molecule has 0 aromatic carbocycles. The van der Waals surface area contributed by atoms with Gasteiger partial charge in [-0.15, -0.1) is 0 Å². The number of hydrogen-bond donors (Lipinski definition) is 0. The highest BCUT2D eigenvalue weighted by atomic mass is 28.2. The summed E-state index contributed by atoms with van der Waals surface area (Å²) in [4.78, 5) is 0.